The number of hydrogen-bond acceptors (Lipinski definition) is 4. The lowest BCUT2D eigenvalue weighted by Gasteiger charge is -2.35. The van der Waals surface area contributed by atoms with Gasteiger partial charge < -0.3 is 19.5 Å². The molecule has 5 heteroatoms. The molecule has 0 saturated heterocycles. The lowest BCUT2D eigenvalue weighted by Crippen LogP contribution is -2.26. The maximum absolute atomic E-state index is 7.00. The van der Waals surface area contributed by atoms with Crippen LogP contribution in [0.25, 0.3) is 0 Å². The van der Waals surface area contributed by atoms with Crippen molar-refractivity contribution in [1.29, 1.82) is 0 Å². The highest BCUT2D eigenvalue weighted by Gasteiger charge is 2.31. The second kappa shape index (κ2) is 9.82. The van der Waals surface area contributed by atoms with Crippen molar-refractivity contribution in [3.63, 3.8) is 0 Å². The van der Waals surface area contributed by atoms with E-state index in [-0.39, 0.29) is 13.1 Å². The summed E-state index contributed by atoms with van der Waals surface area (Å²) in [5.41, 5.74) is 1.63. The minimum absolute atomic E-state index is 0. The summed E-state index contributed by atoms with van der Waals surface area (Å²) in [4.78, 5) is 0. The van der Waals surface area contributed by atoms with Gasteiger partial charge in [-0.05, 0) is 31.2 Å². The fraction of sp³-hybridized carbons (Fsp3) is 0.625. The van der Waals surface area contributed by atoms with Gasteiger partial charge in [0.05, 0.1) is 0 Å². The minimum Gasteiger partial charge on any atom is -0.467 e. The van der Waals surface area contributed by atoms with E-state index in [1.54, 1.807) is 0 Å². The molecule has 1 saturated carbocycles. The Bertz CT molecular complexity index is 392. The van der Waals surface area contributed by atoms with Crippen LogP contribution in [0.15, 0.2) is 24.3 Å². The van der Waals surface area contributed by atoms with Crippen molar-refractivity contribution in [3.8, 4) is 5.75 Å². The summed E-state index contributed by atoms with van der Waals surface area (Å²) in [6.07, 6.45) is 6.56. The average Bonchev–Trinajstić information content (AvgIpc) is 2.49. The Morgan fingerprint density at radius 3 is 2.38 bits per heavy atom. The number of hydrogen-bond donors (Lipinski definition) is 2. The second-order valence-electron chi connectivity index (χ2n) is 5.49. The Kier molecular flexibility index (Phi) is 8.42. The molecule has 0 spiro atoms. The van der Waals surface area contributed by atoms with E-state index in [0.717, 1.165) is 5.75 Å². The van der Waals surface area contributed by atoms with Crippen LogP contribution < -0.4 is 4.74 Å². The van der Waals surface area contributed by atoms with Gasteiger partial charge in [-0.25, -0.2) is 0 Å². The summed E-state index contributed by atoms with van der Waals surface area (Å²) in [6.45, 7) is 5.40. The molecule has 1 radical (unpaired) electrons. The first-order valence-corrected chi connectivity index (χ1v) is 7.58. The standard InChI is InChI=1S/C16H24O2.BH2O2/c1-3-17-13-18-15-10-6-5-9-14(15)16(2)11-7-4-8-12-16;2-1-3/h5-6,9-10H,3-4,7-8,11-13H2,1-2H3;2-3H. The van der Waals surface area contributed by atoms with Gasteiger partial charge >= 0.3 is 7.69 Å². The maximum atomic E-state index is 7.00. The summed E-state index contributed by atoms with van der Waals surface area (Å²) < 4.78 is 11.1. The molecule has 2 N–H and O–H groups in total. The van der Waals surface area contributed by atoms with Crippen molar-refractivity contribution in [2.24, 2.45) is 0 Å². The topological polar surface area (TPSA) is 58.9 Å². The Labute approximate surface area is 128 Å². The molecular formula is C16H26BO4. The number of para-hydroxylation sites is 1. The van der Waals surface area contributed by atoms with Crippen LogP contribution in [-0.4, -0.2) is 31.1 Å². The molecule has 0 atom stereocenters. The largest absolute Gasteiger partial charge is 0.482 e. The van der Waals surface area contributed by atoms with E-state index in [2.05, 4.69) is 25.1 Å². The third kappa shape index (κ3) is 5.69. The second-order valence-corrected chi connectivity index (χ2v) is 5.49. The SMILES string of the molecule is CCOCOc1ccccc1C1(C)CCCCC1.O[B]O. The van der Waals surface area contributed by atoms with E-state index in [4.69, 9.17) is 19.5 Å². The van der Waals surface area contributed by atoms with Gasteiger partial charge in [0.2, 0.25) is 0 Å². The molecule has 21 heavy (non-hydrogen) atoms. The smallest absolute Gasteiger partial charge is 0.467 e. The molecule has 1 fully saturated rings. The lowest BCUT2D eigenvalue weighted by atomic mass is 9.71. The first kappa shape index (κ1) is 18.0. The normalized spacial score (nSPS) is 16.6. The Balaban J connectivity index is 0.000000677. The Morgan fingerprint density at radius 2 is 1.76 bits per heavy atom. The Hall–Kier alpha value is -1.04. The molecule has 0 unspecified atom stereocenters. The first-order chi connectivity index (χ1) is 10.2. The predicted molar refractivity (Wildman–Crippen MR) is 84.2 cm³/mol. The van der Waals surface area contributed by atoms with Crippen molar-refractivity contribution >= 4 is 7.69 Å². The summed E-state index contributed by atoms with van der Waals surface area (Å²) in [6, 6.07) is 8.43. The van der Waals surface area contributed by atoms with E-state index in [1.807, 2.05) is 13.0 Å². The van der Waals surface area contributed by atoms with Gasteiger partial charge in [-0.15, -0.1) is 0 Å². The van der Waals surface area contributed by atoms with Crippen LogP contribution in [0.4, 0.5) is 0 Å². The van der Waals surface area contributed by atoms with Crippen LogP contribution >= 0.6 is 0 Å². The van der Waals surface area contributed by atoms with Crippen molar-refractivity contribution in [2.75, 3.05) is 13.4 Å². The summed E-state index contributed by atoms with van der Waals surface area (Å²) in [5.74, 6) is 0.996. The van der Waals surface area contributed by atoms with Crippen LogP contribution in [0.5, 0.6) is 5.75 Å². The molecule has 4 nitrogen and oxygen atoms in total. The van der Waals surface area contributed by atoms with E-state index < -0.39 is 0 Å². The zero-order valence-corrected chi connectivity index (χ0v) is 13.0. The van der Waals surface area contributed by atoms with E-state index in [1.165, 1.54) is 37.7 Å². The van der Waals surface area contributed by atoms with Gasteiger partial charge in [-0.2, -0.15) is 0 Å². The van der Waals surface area contributed by atoms with E-state index in [0.29, 0.717) is 13.4 Å². The van der Waals surface area contributed by atoms with Crippen LogP contribution in [0.1, 0.15) is 51.5 Å². The van der Waals surface area contributed by atoms with Gasteiger partial charge in [0, 0.05) is 12.2 Å². The molecule has 0 amide bonds. The Morgan fingerprint density at radius 1 is 1.14 bits per heavy atom. The van der Waals surface area contributed by atoms with Crippen molar-refractivity contribution in [2.45, 2.75) is 51.4 Å². The fourth-order valence-electron chi connectivity index (χ4n) is 2.88. The monoisotopic (exact) mass is 293 g/mol. The van der Waals surface area contributed by atoms with E-state index in [9.17, 15) is 0 Å². The summed E-state index contributed by atoms with van der Waals surface area (Å²) >= 11 is 0. The van der Waals surface area contributed by atoms with Crippen molar-refractivity contribution < 1.29 is 19.5 Å². The fourth-order valence-corrected chi connectivity index (χ4v) is 2.88. The quantitative estimate of drug-likeness (QED) is 0.498. The highest BCUT2D eigenvalue weighted by atomic mass is 16.7. The molecule has 1 aromatic rings. The maximum Gasteiger partial charge on any atom is 0.482 e. The van der Waals surface area contributed by atoms with Gasteiger partial charge in [-0.1, -0.05) is 44.4 Å². The molecule has 0 aliphatic heterocycles. The van der Waals surface area contributed by atoms with Crippen LogP contribution in [0.3, 0.4) is 0 Å². The molecule has 1 aliphatic carbocycles. The average molecular weight is 293 g/mol. The molecule has 0 aromatic heterocycles. The molecular weight excluding hydrogens is 267 g/mol. The summed E-state index contributed by atoms with van der Waals surface area (Å²) in [7, 11) is 0. The van der Waals surface area contributed by atoms with Gasteiger partial charge in [0.25, 0.3) is 0 Å². The molecule has 0 bridgehead atoms. The van der Waals surface area contributed by atoms with Crippen LogP contribution in [0, 0.1) is 0 Å². The summed E-state index contributed by atoms with van der Waals surface area (Å²) in [5, 5.41) is 14.0. The van der Waals surface area contributed by atoms with Crippen LogP contribution in [-0.2, 0) is 10.2 Å². The minimum atomic E-state index is 0. The zero-order valence-electron chi connectivity index (χ0n) is 13.0. The molecule has 1 aliphatic rings. The molecule has 1 aromatic carbocycles. The molecule has 0 heterocycles. The van der Waals surface area contributed by atoms with Gasteiger partial charge in [-0.3, -0.25) is 0 Å². The number of ether oxygens (including phenoxy) is 2. The van der Waals surface area contributed by atoms with Crippen LogP contribution in [0.2, 0.25) is 0 Å². The zero-order chi connectivity index (χ0) is 15.6. The van der Waals surface area contributed by atoms with Crippen molar-refractivity contribution in [3.05, 3.63) is 29.8 Å². The third-order valence-corrected chi connectivity index (χ3v) is 4.00. The highest BCUT2D eigenvalue weighted by molar-refractivity contribution is 6.13. The van der Waals surface area contributed by atoms with Gasteiger partial charge in [0.15, 0.2) is 6.79 Å². The number of benzene rings is 1. The molecule has 2 rings (SSSR count). The third-order valence-electron chi connectivity index (χ3n) is 4.00. The first-order valence-electron chi connectivity index (χ1n) is 7.58. The van der Waals surface area contributed by atoms with Crippen molar-refractivity contribution in [1.82, 2.24) is 0 Å². The van der Waals surface area contributed by atoms with E-state index >= 15 is 0 Å². The molecule has 117 valence electrons. The number of rotatable bonds is 5. The predicted octanol–water partition coefficient (Wildman–Crippen LogP) is 2.79. The lowest BCUT2D eigenvalue weighted by molar-refractivity contribution is 0.0209. The highest BCUT2D eigenvalue weighted by Crippen LogP contribution is 2.42. The van der Waals surface area contributed by atoms with Gasteiger partial charge in [0.1, 0.15) is 5.75 Å².